The zero-order chi connectivity index (χ0) is 13.8. The Hall–Kier alpha value is -1.02. The van der Waals surface area contributed by atoms with E-state index in [0.29, 0.717) is 11.9 Å². The molecule has 0 radical (unpaired) electrons. The van der Waals surface area contributed by atoms with Crippen molar-refractivity contribution in [3.05, 3.63) is 30.1 Å². The molecule has 3 heteroatoms. The molecule has 19 heavy (non-hydrogen) atoms. The summed E-state index contributed by atoms with van der Waals surface area (Å²) in [6.45, 7) is 6.84. The number of fused-ring (bicyclic) bond motifs is 1. The number of hydrogen-bond acceptors (Lipinski definition) is 1. The average Bonchev–Trinajstić information content (AvgIpc) is 2.74. The molecule has 1 aromatic carbocycles. The SMILES string of the molecule is CC(C)CCC(C)n1c(CCCl)nc2ccccc21. The first-order chi connectivity index (χ1) is 9.13. The van der Waals surface area contributed by atoms with Crippen LogP contribution in [0.3, 0.4) is 0 Å². The largest absolute Gasteiger partial charge is 0.325 e. The predicted molar refractivity (Wildman–Crippen MR) is 82.9 cm³/mol. The fourth-order valence-electron chi connectivity index (χ4n) is 2.55. The number of aromatic nitrogens is 2. The minimum atomic E-state index is 0.480. The second kappa shape index (κ2) is 6.42. The van der Waals surface area contributed by atoms with Crippen LogP contribution in [-0.4, -0.2) is 15.4 Å². The molecule has 0 saturated heterocycles. The van der Waals surface area contributed by atoms with Crippen LogP contribution in [0.5, 0.6) is 0 Å². The van der Waals surface area contributed by atoms with Gasteiger partial charge in [0.15, 0.2) is 0 Å². The van der Waals surface area contributed by atoms with Crippen LogP contribution in [0.2, 0.25) is 0 Å². The van der Waals surface area contributed by atoms with E-state index in [1.54, 1.807) is 0 Å². The zero-order valence-corrected chi connectivity index (χ0v) is 12.8. The molecular formula is C16H23ClN2. The number of halogens is 1. The number of benzene rings is 1. The highest BCUT2D eigenvalue weighted by Crippen LogP contribution is 2.25. The van der Waals surface area contributed by atoms with Gasteiger partial charge in [0.25, 0.3) is 0 Å². The molecule has 0 aliphatic carbocycles. The fourth-order valence-corrected chi connectivity index (χ4v) is 2.72. The Balaban J connectivity index is 2.35. The molecule has 2 aromatic rings. The van der Waals surface area contributed by atoms with Gasteiger partial charge in [0, 0.05) is 18.3 Å². The highest BCUT2D eigenvalue weighted by molar-refractivity contribution is 6.17. The lowest BCUT2D eigenvalue weighted by Crippen LogP contribution is -2.11. The molecule has 104 valence electrons. The molecular weight excluding hydrogens is 256 g/mol. The average molecular weight is 279 g/mol. The number of nitrogens with zero attached hydrogens (tertiary/aromatic N) is 2. The van der Waals surface area contributed by atoms with Gasteiger partial charge in [-0.1, -0.05) is 26.0 Å². The summed E-state index contributed by atoms with van der Waals surface area (Å²) < 4.78 is 2.38. The maximum Gasteiger partial charge on any atom is 0.111 e. The monoisotopic (exact) mass is 278 g/mol. The standard InChI is InChI=1S/C16H23ClN2/c1-12(2)8-9-13(3)19-15-7-5-4-6-14(15)18-16(19)10-11-17/h4-7,12-13H,8-11H2,1-3H3. The van der Waals surface area contributed by atoms with Crippen LogP contribution < -0.4 is 0 Å². The van der Waals surface area contributed by atoms with Gasteiger partial charge >= 0.3 is 0 Å². The highest BCUT2D eigenvalue weighted by atomic mass is 35.5. The maximum atomic E-state index is 5.91. The molecule has 2 rings (SSSR count). The summed E-state index contributed by atoms with van der Waals surface area (Å²) in [5.74, 6) is 2.49. The van der Waals surface area contributed by atoms with Crippen molar-refractivity contribution in [1.29, 1.82) is 0 Å². The predicted octanol–water partition coefficient (Wildman–Crippen LogP) is 4.81. The topological polar surface area (TPSA) is 17.8 Å². The van der Waals surface area contributed by atoms with Crippen molar-refractivity contribution < 1.29 is 0 Å². The first-order valence-electron chi connectivity index (χ1n) is 7.15. The van der Waals surface area contributed by atoms with E-state index in [2.05, 4.69) is 43.5 Å². The summed E-state index contributed by atoms with van der Waals surface area (Å²) in [6.07, 6.45) is 3.27. The van der Waals surface area contributed by atoms with Crippen molar-refractivity contribution in [2.45, 2.75) is 46.1 Å². The zero-order valence-electron chi connectivity index (χ0n) is 12.1. The van der Waals surface area contributed by atoms with Crippen molar-refractivity contribution in [2.24, 2.45) is 5.92 Å². The van der Waals surface area contributed by atoms with Crippen LogP contribution in [0.4, 0.5) is 0 Å². The Morgan fingerprint density at radius 2 is 1.89 bits per heavy atom. The number of aryl methyl sites for hydroxylation is 1. The Morgan fingerprint density at radius 1 is 1.16 bits per heavy atom. The van der Waals surface area contributed by atoms with Gasteiger partial charge in [-0.25, -0.2) is 4.98 Å². The van der Waals surface area contributed by atoms with E-state index in [1.165, 1.54) is 18.4 Å². The number of alkyl halides is 1. The fraction of sp³-hybridized carbons (Fsp3) is 0.562. The lowest BCUT2D eigenvalue weighted by atomic mass is 10.0. The molecule has 0 bridgehead atoms. The van der Waals surface area contributed by atoms with E-state index in [9.17, 15) is 0 Å². The van der Waals surface area contributed by atoms with Gasteiger partial charge in [0.05, 0.1) is 11.0 Å². The van der Waals surface area contributed by atoms with E-state index in [-0.39, 0.29) is 0 Å². The third-order valence-electron chi connectivity index (χ3n) is 3.59. The lowest BCUT2D eigenvalue weighted by molar-refractivity contribution is 0.438. The number of imidazole rings is 1. The van der Waals surface area contributed by atoms with Crippen LogP contribution in [0.15, 0.2) is 24.3 Å². The van der Waals surface area contributed by atoms with Gasteiger partial charge in [0.1, 0.15) is 5.82 Å². The van der Waals surface area contributed by atoms with Gasteiger partial charge in [-0.2, -0.15) is 0 Å². The maximum absolute atomic E-state index is 5.91. The summed E-state index contributed by atoms with van der Waals surface area (Å²) in [5.41, 5.74) is 2.32. The summed E-state index contributed by atoms with van der Waals surface area (Å²) in [6, 6.07) is 8.85. The molecule has 1 unspecified atom stereocenters. The van der Waals surface area contributed by atoms with E-state index in [4.69, 9.17) is 16.6 Å². The molecule has 0 amide bonds. The van der Waals surface area contributed by atoms with Crippen LogP contribution in [-0.2, 0) is 6.42 Å². The Labute approximate surface area is 120 Å². The summed E-state index contributed by atoms with van der Waals surface area (Å²) in [5, 5.41) is 0. The van der Waals surface area contributed by atoms with Crippen molar-refractivity contribution in [3.63, 3.8) is 0 Å². The normalized spacial score (nSPS) is 13.3. The molecule has 0 N–H and O–H groups in total. The first-order valence-corrected chi connectivity index (χ1v) is 7.68. The van der Waals surface area contributed by atoms with E-state index >= 15 is 0 Å². The molecule has 1 aromatic heterocycles. The van der Waals surface area contributed by atoms with Crippen LogP contribution in [0.25, 0.3) is 11.0 Å². The molecule has 0 aliphatic heterocycles. The Bertz CT molecular complexity index is 531. The third kappa shape index (κ3) is 3.30. The Kier molecular flexibility index (Phi) is 4.87. The van der Waals surface area contributed by atoms with Crippen LogP contribution in [0, 0.1) is 5.92 Å². The smallest absolute Gasteiger partial charge is 0.111 e. The quantitative estimate of drug-likeness (QED) is 0.693. The van der Waals surface area contributed by atoms with Gasteiger partial charge in [-0.05, 0) is 37.8 Å². The number of para-hydroxylation sites is 2. The highest BCUT2D eigenvalue weighted by Gasteiger charge is 2.15. The molecule has 0 aliphatic rings. The summed E-state index contributed by atoms with van der Waals surface area (Å²) >= 11 is 5.91. The molecule has 0 saturated carbocycles. The minimum absolute atomic E-state index is 0.480. The lowest BCUT2D eigenvalue weighted by Gasteiger charge is -2.18. The summed E-state index contributed by atoms with van der Waals surface area (Å²) in [4.78, 5) is 4.73. The van der Waals surface area contributed by atoms with E-state index < -0.39 is 0 Å². The molecule has 2 nitrogen and oxygen atoms in total. The van der Waals surface area contributed by atoms with Crippen molar-refractivity contribution >= 4 is 22.6 Å². The second-order valence-electron chi connectivity index (χ2n) is 5.65. The van der Waals surface area contributed by atoms with Gasteiger partial charge < -0.3 is 4.57 Å². The van der Waals surface area contributed by atoms with E-state index in [0.717, 1.165) is 23.7 Å². The number of rotatable bonds is 6. The summed E-state index contributed by atoms with van der Waals surface area (Å²) in [7, 11) is 0. The van der Waals surface area contributed by atoms with Crippen molar-refractivity contribution in [1.82, 2.24) is 9.55 Å². The second-order valence-corrected chi connectivity index (χ2v) is 6.02. The van der Waals surface area contributed by atoms with Crippen molar-refractivity contribution in [2.75, 3.05) is 5.88 Å². The van der Waals surface area contributed by atoms with Gasteiger partial charge in [-0.15, -0.1) is 11.6 Å². The number of hydrogen-bond donors (Lipinski definition) is 0. The van der Waals surface area contributed by atoms with Crippen molar-refractivity contribution in [3.8, 4) is 0 Å². The van der Waals surface area contributed by atoms with Crippen LogP contribution >= 0.6 is 11.6 Å². The Morgan fingerprint density at radius 3 is 2.58 bits per heavy atom. The van der Waals surface area contributed by atoms with E-state index in [1.807, 2.05) is 6.07 Å². The third-order valence-corrected chi connectivity index (χ3v) is 3.78. The molecule has 1 atom stereocenters. The molecule has 0 spiro atoms. The van der Waals surface area contributed by atoms with Gasteiger partial charge in [0.2, 0.25) is 0 Å². The first kappa shape index (κ1) is 14.4. The minimum Gasteiger partial charge on any atom is -0.325 e. The van der Waals surface area contributed by atoms with Crippen LogP contribution in [0.1, 0.15) is 45.5 Å². The molecule has 0 fully saturated rings. The van der Waals surface area contributed by atoms with Gasteiger partial charge in [-0.3, -0.25) is 0 Å². The molecule has 1 heterocycles.